The van der Waals surface area contributed by atoms with Gasteiger partial charge in [-0.2, -0.15) is 0 Å². The number of hydrogen-bond acceptors (Lipinski definition) is 7. The maximum Gasteiger partial charge on any atom is 0.246 e. The van der Waals surface area contributed by atoms with Crippen molar-refractivity contribution in [2.75, 3.05) is 13.1 Å². The number of aromatic nitrogens is 1. The number of carbonyl (C=O) groups is 3. The highest BCUT2D eigenvalue weighted by atomic mass is 35.5. The summed E-state index contributed by atoms with van der Waals surface area (Å²) < 4.78 is 0. The van der Waals surface area contributed by atoms with E-state index in [9.17, 15) is 19.5 Å². The van der Waals surface area contributed by atoms with Crippen LogP contribution in [0.15, 0.2) is 29.8 Å². The van der Waals surface area contributed by atoms with E-state index in [1.807, 2.05) is 57.5 Å². The molecule has 0 saturated carbocycles. The average molecular weight is 608 g/mol. The van der Waals surface area contributed by atoms with Gasteiger partial charge in [-0.25, -0.2) is 4.98 Å². The number of unbranched alkanes of at least 4 members (excludes halogenated alkanes) is 4. The standard InChI is InChI=1S/C30H45N5O4S.ClH/c1-20-26(40-19-33-20)22-13-11-21(12-14-22)17-32-28(38)24-16-23(36)18-35(24)29(39)27(30(2,3)4)34-25(37)10-8-6-5-7-9-15-31;/h11-14,19,23-24,27,36H,5-10,15-18,31H2,1-4H3,(H,32,38)(H,34,37);1H/t23-,24+,27-;/m1./s1. The number of aliphatic hydroxyl groups excluding tert-OH is 1. The summed E-state index contributed by atoms with van der Waals surface area (Å²) in [6.07, 6.45) is 4.47. The number of likely N-dealkylation sites (tertiary alicyclic amines) is 1. The monoisotopic (exact) mass is 607 g/mol. The highest BCUT2D eigenvalue weighted by molar-refractivity contribution is 7.13. The first kappa shape index (κ1) is 34.7. The van der Waals surface area contributed by atoms with Crippen LogP contribution in [0, 0.1) is 12.3 Å². The van der Waals surface area contributed by atoms with Gasteiger partial charge in [0.1, 0.15) is 12.1 Å². The molecule has 0 radical (unpaired) electrons. The lowest BCUT2D eigenvalue weighted by Crippen LogP contribution is -2.57. The highest BCUT2D eigenvalue weighted by Crippen LogP contribution is 2.28. The first-order chi connectivity index (χ1) is 19.0. The summed E-state index contributed by atoms with van der Waals surface area (Å²) in [6, 6.07) is 6.34. The van der Waals surface area contributed by atoms with Crippen LogP contribution in [-0.4, -0.2) is 64.0 Å². The predicted octanol–water partition coefficient (Wildman–Crippen LogP) is 3.95. The Bertz CT molecular complexity index is 1130. The lowest BCUT2D eigenvalue weighted by molar-refractivity contribution is -0.144. The number of hydrogen-bond donors (Lipinski definition) is 4. The normalized spacial score (nSPS) is 17.6. The first-order valence-corrected chi connectivity index (χ1v) is 15.1. The molecule has 41 heavy (non-hydrogen) atoms. The first-order valence-electron chi connectivity index (χ1n) is 14.3. The molecule has 1 fully saturated rings. The summed E-state index contributed by atoms with van der Waals surface area (Å²) in [5, 5.41) is 16.2. The van der Waals surface area contributed by atoms with E-state index in [1.54, 1.807) is 11.3 Å². The smallest absolute Gasteiger partial charge is 0.246 e. The number of nitrogens with one attached hydrogen (secondary N) is 2. The van der Waals surface area contributed by atoms with E-state index in [-0.39, 0.29) is 43.1 Å². The number of benzene rings is 1. The number of rotatable bonds is 13. The fourth-order valence-corrected chi connectivity index (χ4v) is 5.79. The molecule has 3 rings (SSSR count). The number of halogens is 1. The lowest BCUT2D eigenvalue weighted by atomic mass is 9.85. The molecule has 11 heteroatoms. The van der Waals surface area contributed by atoms with Crippen molar-refractivity contribution in [2.45, 2.75) is 97.4 Å². The third-order valence-electron chi connectivity index (χ3n) is 7.32. The van der Waals surface area contributed by atoms with E-state index in [4.69, 9.17) is 5.73 Å². The Balaban J connectivity index is 0.00000588. The fraction of sp³-hybridized carbons (Fsp3) is 0.600. The van der Waals surface area contributed by atoms with Crippen LogP contribution < -0.4 is 16.4 Å². The van der Waals surface area contributed by atoms with Gasteiger partial charge in [0.2, 0.25) is 17.7 Å². The Kier molecular flexibility index (Phi) is 13.7. The SMILES string of the molecule is Cc1ncsc1-c1ccc(CNC(=O)[C@@H]2C[C@@H](O)CN2C(=O)[C@@H](NC(=O)CCCCCCCN)C(C)(C)C)cc1.Cl. The molecule has 1 aromatic heterocycles. The lowest BCUT2D eigenvalue weighted by Gasteiger charge is -2.35. The summed E-state index contributed by atoms with van der Waals surface area (Å²) >= 11 is 1.59. The van der Waals surface area contributed by atoms with E-state index < -0.39 is 23.6 Å². The molecule has 0 unspecified atom stereocenters. The van der Waals surface area contributed by atoms with Crippen LogP contribution in [0.25, 0.3) is 10.4 Å². The minimum absolute atomic E-state index is 0. The molecule has 5 N–H and O–H groups in total. The Hall–Kier alpha value is -2.53. The minimum Gasteiger partial charge on any atom is -0.391 e. The predicted molar refractivity (Wildman–Crippen MR) is 166 cm³/mol. The van der Waals surface area contributed by atoms with Gasteiger partial charge in [-0.1, -0.05) is 64.3 Å². The molecular formula is C30H46ClN5O4S. The van der Waals surface area contributed by atoms with Gasteiger partial charge in [-0.05, 0) is 42.9 Å². The number of β-amino-alcohol motifs (C(OH)–C–C–N with tert-alkyl or cyclic N) is 1. The molecule has 2 heterocycles. The number of nitrogens with zero attached hydrogens (tertiary/aromatic N) is 2. The number of nitrogens with two attached hydrogens (primary N) is 1. The largest absolute Gasteiger partial charge is 0.391 e. The van der Waals surface area contributed by atoms with Crippen molar-refractivity contribution in [1.29, 1.82) is 0 Å². The van der Waals surface area contributed by atoms with Crippen LogP contribution in [-0.2, 0) is 20.9 Å². The molecule has 3 amide bonds. The highest BCUT2D eigenvalue weighted by Gasteiger charge is 2.44. The molecule has 1 aromatic carbocycles. The second-order valence-corrected chi connectivity index (χ2v) is 12.6. The van der Waals surface area contributed by atoms with Crippen molar-refractivity contribution in [1.82, 2.24) is 20.5 Å². The van der Waals surface area contributed by atoms with Crippen LogP contribution in [0.2, 0.25) is 0 Å². The molecule has 3 atom stereocenters. The molecule has 0 aliphatic carbocycles. The molecule has 2 aromatic rings. The maximum atomic E-state index is 13.7. The zero-order chi connectivity index (χ0) is 29.3. The molecule has 1 aliphatic heterocycles. The number of aliphatic hydroxyl groups is 1. The van der Waals surface area contributed by atoms with Crippen LogP contribution in [0.5, 0.6) is 0 Å². The Morgan fingerprint density at radius 3 is 2.39 bits per heavy atom. The quantitative estimate of drug-likeness (QED) is 0.254. The van der Waals surface area contributed by atoms with Crippen molar-refractivity contribution in [3.8, 4) is 10.4 Å². The molecule has 1 saturated heterocycles. The van der Waals surface area contributed by atoms with Crippen molar-refractivity contribution in [3.05, 3.63) is 41.0 Å². The van der Waals surface area contributed by atoms with Gasteiger partial charge in [-0.3, -0.25) is 14.4 Å². The minimum atomic E-state index is -0.805. The third kappa shape index (κ3) is 10.1. The van der Waals surface area contributed by atoms with Gasteiger partial charge < -0.3 is 26.4 Å². The molecule has 9 nitrogen and oxygen atoms in total. The zero-order valence-electron chi connectivity index (χ0n) is 24.7. The van der Waals surface area contributed by atoms with E-state index in [0.717, 1.165) is 53.8 Å². The summed E-state index contributed by atoms with van der Waals surface area (Å²) in [4.78, 5) is 46.5. The molecular weight excluding hydrogens is 562 g/mol. The van der Waals surface area contributed by atoms with Gasteiger partial charge in [0.15, 0.2) is 0 Å². The van der Waals surface area contributed by atoms with Gasteiger partial charge in [0.05, 0.1) is 22.2 Å². The second-order valence-electron chi connectivity index (χ2n) is 11.8. The number of thiazole rings is 1. The summed E-state index contributed by atoms with van der Waals surface area (Å²) in [5.41, 5.74) is 9.77. The Morgan fingerprint density at radius 1 is 1.12 bits per heavy atom. The van der Waals surface area contributed by atoms with Crippen molar-refractivity contribution < 1.29 is 19.5 Å². The second kappa shape index (κ2) is 16.2. The molecule has 0 bridgehead atoms. The van der Waals surface area contributed by atoms with Crippen molar-refractivity contribution >= 4 is 41.5 Å². The molecule has 228 valence electrons. The average Bonchev–Trinajstić information content (AvgIpc) is 3.52. The van der Waals surface area contributed by atoms with E-state index in [2.05, 4.69) is 15.6 Å². The van der Waals surface area contributed by atoms with Crippen molar-refractivity contribution in [3.63, 3.8) is 0 Å². The maximum absolute atomic E-state index is 13.7. The summed E-state index contributed by atoms with van der Waals surface area (Å²) in [7, 11) is 0. The third-order valence-corrected chi connectivity index (χ3v) is 8.30. The van der Waals surface area contributed by atoms with Crippen LogP contribution in [0.3, 0.4) is 0 Å². The summed E-state index contributed by atoms with van der Waals surface area (Å²) in [6.45, 7) is 8.69. The van der Waals surface area contributed by atoms with E-state index in [0.29, 0.717) is 19.5 Å². The number of aryl methyl sites for hydroxylation is 1. The zero-order valence-corrected chi connectivity index (χ0v) is 26.3. The topological polar surface area (TPSA) is 138 Å². The van der Waals surface area contributed by atoms with Crippen LogP contribution >= 0.6 is 23.7 Å². The fourth-order valence-electron chi connectivity index (χ4n) is 4.97. The Labute approximate surface area is 254 Å². The van der Waals surface area contributed by atoms with Gasteiger partial charge in [-0.15, -0.1) is 23.7 Å². The van der Waals surface area contributed by atoms with Gasteiger partial charge in [0, 0.05) is 25.9 Å². The molecule has 1 aliphatic rings. The van der Waals surface area contributed by atoms with Crippen LogP contribution in [0.4, 0.5) is 0 Å². The van der Waals surface area contributed by atoms with E-state index in [1.165, 1.54) is 4.90 Å². The Morgan fingerprint density at radius 2 is 1.78 bits per heavy atom. The summed E-state index contributed by atoms with van der Waals surface area (Å²) in [5.74, 6) is -0.835. The molecule has 0 spiro atoms. The van der Waals surface area contributed by atoms with Gasteiger partial charge in [0.25, 0.3) is 0 Å². The van der Waals surface area contributed by atoms with Crippen LogP contribution in [0.1, 0.15) is 77.0 Å². The van der Waals surface area contributed by atoms with E-state index >= 15 is 0 Å². The van der Waals surface area contributed by atoms with Crippen molar-refractivity contribution in [2.24, 2.45) is 11.1 Å². The number of carbonyl (C=O) groups excluding carboxylic acids is 3. The van der Waals surface area contributed by atoms with Gasteiger partial charge >= 0.3 is 0 Å². The number of amides is 3.